The number of nitriles is 1. The largest absolute Gasteiger partial charge is 0.461 e. The first-order valence-corrected chi connectivity index (χ1v) is 15.0. The van der Waals surface area contributed by atoms with Crippen molar-refractivity contribution in [3.05, 3.63) is 32.6 Å². The van der Waals surface area contributed by atoms with Gasteiger partial charge in [-0.15, -0.1) is 22.7 Å². The summed E-state index contributed by atoms with van der Waals surface area (Å²) in [5.41, 5.74) is 9.36. The fourth-order valence-corrected chi connectivity index (χ4v) is 8.74. The first-order chi connectivity index (χ1) is 18.9. The number of aromatic nitrogens is 4. The monoisotopic (exact) mass is 567 g/mol. The highest BCUT2D eigenvalue weighted by molar-refractivity contribution is 7.16. The van der Waals surface area contributed by atoms with Gasteiger partial charge in [0.25, 0.3) is 0 Å². The quantitative estimate of drug-likeness (QED) is 0.456. The topological polar surface area (TPSA) is 120 Å². The number of ether oxygens (including phenoxy) is 1. The molecule has 0 aromatic carbocycles. The van der Waals surface area contributed by atoms with E-state index in [0.717, 1.165) is 42.7 Å². The standard InChI is InChI=1S/C26H30FN9OS2/c1-34(11-17-9-30-15-38-17)22-31-23(33-24(32-22)37-14-26-4-2-6-36(26)10-16(27)7-26)35-12-25(13-35)5-3-19-20(25)18(8-28)21(29)39-19/h9,15-16H,2-7,10-14,29H2,1H3/t16-,26+/m1/s1. The van der Waals surface area contributed by atoms with E-state index in [-0.39, 0.29) is 17.0 Å². The van der Waals surface area contributed by atoms with Crippen LogP contribution in [0.25, 0.3) is 0 Å². The van der Waals surface area contributed by atoms with Crippen molar-refractivity contribution in [2.45, 2.75) is 55.8 Å². The summed E-state index contributed by atoms with van der Waals surface area (Å²) in [6.07, 6.45) is 5.44. The Bertz CT molecular complexity index is 1430. The summed E-state index contributed by atoms with van der Waals surface area (Å²) >= 11 is 3.13. The average molecular weight is 568 g/mol. The van der Waals surface area contributed by atoms with Crippen LogP contribution in [0.3, 0.4) is 0 Å². The molecule has 2 N–H and O–H groups in total. The van der Waals surface area contributed by atoms with E-state index in [2.05, 4.69) is 25.8 Å². The first kappa shape index (κ1) is 24.9. The highest BCUT2D eigenvalue weighted by atomic mass is 32.1. The Morgan fingerprint density at radius 2 is 2.18 bits per heavy atom. The number of aryl methyl sites for hydroxylation is 1. The van der Waals surface area contributed by atoms with Crippen molar-refractivity contribution in [2.75, 3.05) is 55.4 Å². The summed E-state index contributed by atoms with van der Waals surface area (Å²) in [6, 6.07) is 2.60. The van der Waals surface area contributed by atoms with Gasteiger partial charge in [-0.25, -0.2) is 4.39 Å². The molecule has 10 nitrogen and oxygen atoms in total. The molecule has 1 spiro atoms. The van der Waals surface area contributed by atoms with E-state index in [1.807, 2.05) is 23.7 Å². The Labute approximate surface area is 234 Å². The van der Waals surface area contributed by atoms with E-state index in [0.29, 0.717) is 61.7 Å². The molecule has 13 heteroatoms. The van der Waals surface area contributed by atoms with Crippen LogP contribution in [-0.4, -0.2) is 76.4 Å². The molecule has 204 valence electrons. The van der Waals surface area contributed by atoms with Crippen LogP contribution in [0, 0.1) is 11.3 Å². The molecule has 0 unspecified atom stereocenters. The second-order valence-electron chi connectivity index (χ2n) is 11.3. The molecular formula is C26H30FN9OS2. The van der Waals surface area contributed by atoms with Crippen molar-refractivity contribution < 1.29 is 9.13 Å². The summed E-state index contributed by atoms with van der Waals surface area (Å²) in [4.78, 5) is 27.1. The molecule has 3 fully saturated rings. The number of hydrogen-bond donors (Lipinski definition) is 1. The number of thiophene rings is 1. The van der Waals surface area contributed by atoms with Crippen LogP contribution >= 0.6 is 22.7 Å². The number of fused-ring (bicyclic) bond motifs is 3. The molecule has 0 saturated carbocycles. The number of anilines is 3. The van der Waals surface area contributed by atoms with Crippen LogP contribution < -0.4 is 20.3 Å². The number of nitrogens with zero attached hydrogens (tertiary/aromatic N) is 8. The fraction of sp³-hybridized carbons (Fsp3) is 0.577. The third kappa shape index (κ3) is 4.11. The van der Waals surface area contributed by atoms with Crippen molar-refractivity contribution in [3.8, 4) is 12.1 Å². The zero-order chi connectivity index (χ0) is 26.8. The summed E-state index contributed by atoms with van der Waals surface area (Å²) in [5.74, 6) is 1.08. The Hall–Kier alpha value is -3.08. The van der Waals surface area contributed by atoms with Crippen LogP contribution in [0.5, 0.6) is 6.01 Å². The molecule has 0 radical (unpaired) electrons. The van der Waals surface area contributed by atoms with E-state index in [4.69, 9.17) is 20.4 Å². The fourth-order valence-electron chi connectivity index (χ4n) is 6.95. The predicted octanol–water partition coefficient (Wildman–Crippen LogP) is 3.14. The zero-order valence-electron chi connectivity index (χ0n) is 21.8. The number of thiazole rings is 1. The van der Waals surface area contributed by atoms with E-state index in [1.165, 1.54) is 4.88 Å². The van der Waals surface area contributed by atoms with Crippen LogP contribution in [-0.2, 0) is 18.4 Å². The maximum atomic E-state index is 14.3. The van der Waals surface area contributed by atoms with Gasteiger partial charge < -0.3 is 20.3 Å². The number of alkyl halides is 1. The van der Waals surface area contributed by atoms with Crippen LogP contribution in [0.4, 0.5) is 21.3 Å². The zero-order valence-corrected chi connectivity index (χ0v) is 23.4. The Morgan fingerprint density at radius 1 is 1.31 bits per heavy atom. The Morgan fingerprint density at radius 3 is 2.97 bits per heavy atom. The van der Waals surface area contributed by atoms with E-state index in [9.17, 15) is 9.65 Å². The van der Waals surface area contributed by atoms with Crippen LogP contribution in [0.1, 0.15) is 46.6 Å². The number of nitrogens with two attached hydrogens (primary N) is 1. The highest BCUT2D eigenvalue weighted by Crippen LogP contribution is 2.52. The predicted molar refractivity (Wildman–Crippen MR) is 148 cm³/mol. The van der Waals surface area contributed by atoms with Gasteiger partial charge in [0.05, 0.1) is 23.2 Å². The average Bonchev–Trinajstić information content (AvgIpc) is 3.69. The van der Waals surface area contributed by atoms with Gasteiger partial charge in [0.1, 0.15) is 23.8 Å². The third-order valence-electron chi connectivity index (χ3n) is 8.79. The lowest BCUT2D eigenvalue weighted by Gasteiger charge is -2.48. The molecule has 3 aromatic heterocycles. The van der Waals surface area contributed by atoms with E-state index < -0.39 is 6.17 Å². The number of hydrogen-bond acceptors (Lipinski definition) is 12. The van der Waals surface area contributed by atoms with Crippen molar-refractivity contribution in [2.24, 2.45) is 0 Å². The minimum atomic E-state index is -0.818. The molecule has 3 aliphatic heterocycles. The summed E-state index contributed by atoms with van der Waals surface area (Å²) < 4.78 is 20.6. The molecule has 4 aliphatic rings. The SMILES string of the molecule is CN(Cc1cncs1)c1nc(OC[C@@]23CCCN2C[C@H](F)C3)nc(N2CC3(CCc4sc(N)c(C#N)c43)C2)n1. The van der Waals surface area contributed by atoms with Gasteiger partial charge in [-0.3, -0.25) is 9.88 Å². The number of rotatable bonds is 7. The van der Waals surface area contributed by atoms with E-state index >= 15 is 0 Å². The van der Waals surface area contributed by atoms with E-state index in [1.54, 1.807) is 22.7 Å². The Balaban J connectivity index is 1.16. The minimum Gasteiger partial charge on any atom is -0.461 e. The van der Waals surface area contributed by atoms with Crippen LogP contribution in [0.15, 0.2) is 11.7 Å². The first-order valence-electron chi connectivity index (χ1n) is 13.3. The molecule has 0 amide bonds. The lowest BCUT2D eigenvalue weighted by Crippen LogP contribution is -2.59. The van der Waals surface area contributed by atoms with Gasteiger partial charge in [0.15, 0.2) is 0 Å². The van der Waals surface area contributed by atoms with Gasteiger partial charge in [-0.2, -0.15) is 20.2 Å². The molecule has 39 heavy (non-hydrogen) atoms. The van der Waals surface area contributed by atoms with Gasteiger partial charge in [0.2, 0.25) is 11.9 Å². The van der Waals surface area contributed by atoms with Crippen molar-refractivity contribution in [1.82, 2.24) is 24.8 Å². The molecule has 2 atom stereocenters. The number of halogens is 1. The second kappa shape index (κ2) is 9.25. The van der Waals surface area contributed by atoms with Crippen molar-refractivity contribution in [1.29, 1.82) is 5.26 Å². The van der Waals surface area contributed by atoms with Crippen LogP contribution in [0.2, 0.25) is 0 Å². The molecule has 1 aliphatic carbocycles. The summed E-state index contributed by atoms with van der Waals surface area (Å²) in [5, 5.41) is 10.4. The molecular weight excluding hydrogens is 537 g/mol. The highest BCUT2D eigenvalue weighted by Gasteiger charge is 2.52. The van der Waals surface area contributed by atoms with Gasteiger partial charge in [-0.05, 0) is 37.8 Å². The third-order valence-corrected chi connectivity index (χ3v) is 10.6. The van der Waals surface area contributed by atoms with Gasteiger partial charge in [0, 0.05) is 54.5 Å². The number of nitrogen functional groups attached to an aromatic ring is 1. The second-order valence-corrected chi connectivity index (χ2v) is 13.4. The summed E-state index contributed by atoms with van der Waals surface area (Å²) in [6.45, 7) is 3.79. The smallest absolute Gasteiger partial charge is 0.323 e. The summed E-state index contributed by atoms with van der Waals surface area (Å²) in [7, 11) is 1.94. The lowest BCUT2D eigenvalue weighted by atomic mass is 9.74. The molecule has 0 bridgehead atoms. The molecule has 6 heterocycles. The Kier molecular flexibility index (Phi) is 5.91. The van der Waals surface area contributed by atoms with Crippen molar-refractivity contribution in [3.63, 3.8) is 0 Å². The normalized spacial score (nSPS) is 24.9. The minimum absolute atomic E-state index is 0.0971. The molecule has 3 saturated heterocycles. The van der Waals surface area contributed by atoms with Gasteiger partial charge in [-0.1, -0.05) is 0 Å². The molecule has 3 aromatic rings. The lowest BCUT2D eigenvalue weighted by molar-refractivity contribution is 0.107. The maximum absolute atomic E-state index is 14.3. The van der Waals surface area contributed by atoms with Crippen molar-refractivity contribution >= 4 is 39.6 Å². The molecule has 7 rings (SSSR count). The van der Waals surface area contributed by atoms with Gasteiger partial charge >= 0.3 is 6.01 Å². The maximum Gasteiger partial charge on any atom is 0.323 e.